The number of ether oxygens (including phenoxy) is 1. The van der Waals surface area contributed by atoms with Crippen LogP contribution in [0.25, 0.3) is 17.0 Å². The summed E-state index contributed by atoms with van der Waals surface area (Å²) in [6.07, 6.45) is 6.06. The van der Waals surface area contributed by atoms with Crippen LogP contribution in [0.2, 0.25) is 0 Å². The fraction of sp³-hybridized carbons (Fsp3) is 0.250. The fourth-order valence-electron chi connectivity index (χ4n) is 3.51. The summed E-state index contributed by atoms with van der Waals surface area (Å²) in [6, 6.07) is 20.0. The lowest BCUT2D eigenvalue weighted by Gasteiger charge is -2.34. The van der Waals surface area contributed by atoms with E-state index in [9.17, 15) is 4.79 Å². The number of hydrogen-bond acceptors (Lipinski definition) is 4. The molecule has 0 spiro atoms. The molecule has 1 aromatic heterocycles. The molecule has 5 nitrogen and oxygen atoms in total. The summed E-state index contributed by atoms with van der Waals surface area (Å²) in [5.41, 5.74) is 2.00. The molecule has 3 aromatic rings. The Hall–Kier alpha value is -3.18. The Morgan fingerprint density at radius 3 is 2.59 bits per heavy atom. The molecule has 5 heteroatoms. The number of carbonyl (C=O) groups excluding carboxylic acids is 1. The van der Waals surface area contributed by atoms with Crippen LogP contribution in [0, 0.1) is 0 Å². The molecule has 1 amide bonds. The Morgan fingerprint density at radius 2 is 1.76 bits per heavy atom. The summed E-state index contributed by atoms with van der Waals surface area (Å²) in [6.45, 7) is 4.16. The molecule has 1 aliphatic heterocycles. The zero-order valence-corrected chi connectivity index (χ0v) is 16.4. The van der Waals surface area contributed by atoms with Gasteiger partial charge in [-0.1, -0.05) is 60.7 Å². The van der Waals surface area contributed by atoms with Gasteiger partial charge in [-0.3, -0.25) is 14.7 Å². The number of para-hydroxylation sites is 1. The third kappa shape index (κ3) is 5.00. The number of fused-ring (bicyclic) bond motifs is 1. The first-order valence-electron chi connectivity index (χ1n) is 9.98. The average molecular weight is 387 g/mol. The molecule has 1 aliphatic rings. The zero-order chi connectivity index (χ0) is 19.9. The molecule has 0 aliphatic carbocycles. The molecule has 0 radical (unpaired) electrons. The summed E-state index contributed by atoms with van der Waals surface area (Å²) < 4.78 is 5.80. The third-order valence-electron chi connectivity index (χ3n) is 5.15. The van der Waals surface area contributed by atoms with Crippen molar-refractivity contribution in [3.8, 4) is 5.75 Å². The highest BCUT2D eigenvalue weighted by atomic mass is 16.5. The van der Waals surface area contributed by atoms with Gasteiger partial charge in [0.25, 0.3) is 5.91 Å². The van der Waals surface area contributed by atoms with Crippen molar-refractivity contribution in [1.82, 2.24) is 14.8 Å². The standard InChI is InChI=1S/C24H25N3O2/c28-23(19-29-22-12-4-10-21-11-5-13-25-24(21)22)27-17-15-26(16-18-27)14-6-9-20-7-2-1-3-8-20/h1-13H,14-19H2/b9-6+. The maximum Gasteiger partial charge on any atom is 0.260 e. The van der Waals surface area contributed by atoms with Gasteiger partial charge in [0.1, 0.15) is 11.3 Å². The number of nitrogens with zero attached hydrogens (tertiary/aromatic N) is 3. The van der Waals surface area contributed by atoms with E-state index in [1.165, 1.54) is 5.56 Å². The van der Waals surface area contributed by atoms with E-state index in [-0.39, 0.29) is 12.5 Å². The normalized spacial score (nSPS) is 15.1. The largest absolute Gasteiger partial charge is 0.481 e. The van der Waals surface area contributed by atoms with E-state index in [1.807, 2.05) is 53.4 Å². The first kappa shape index (κ1) is 19.2. The van der Waals surface area contributed by atoms with E-state index < -0.39 is 0 Å². The van der Waals surface area contributed by atoms with Crippen LogP contribution in [-0.4, -0.2) is 60.0 Å². The van der Waals surface area contributed by atoms with Crippen LogP contribution in [0.4, 0.5) is 0 Å². The van der Waals surface area contributed by atoms with Gasteiger partial charge >= 0.3 is 0 Å². The predicted octanol–water partition coefficient (Wildman–Crippen LogP) is 3.47. The molecule has 29 heavy (non-hydrogen) atoms. The molecular formula is C24H25N3O2. The van der Waals surface area contributed by atoms with Crippen molar-refractivity contribution in [3.63, 3.8) is 0 Å². The lowest BCUT2D eigenvalue weighted by molar-refractivity contribution is -0.135. The Labute approximate surface area is 171 Å². The Kier molecular flexibility index (Phi) is 6.17. The monoisotopic (exact) mass is 387 g/mol. The SMILES string of the molecule is O=C(COc1cccc2cccnc12)N1CCN(C/C=C/c2ccccc2)CC1. The minimum absolute atomic E-state index is 0.0254. The van der Waals surface area contributed by atoms with Crippen LogP contribution in [0.1, 0.15) is 5.56 Å². The Bertz CT molecular complexity index is 974. The third-order valence-corrected chi connectivity index (χ3v) is 5.15. The number of aromatic nitrogens is 1. The molecule has 0 bridgehead atoms. The molecule has 2 heterocycles. The molecule has 1 fully saturated rings. The number of benzene rings is 2. The first-order chi connectivity index (χ1) is 14.3. The van der Waals surface area contributed by atoms with Crippen molar-refractivity contribution < 1.29 is 9.53 Å². The maximum atomic E-state index is 12.6. The quantitative estimate of drug-likeness (QED) is 0.650. The van der Waals surface area contributed by atoms with Gasteiger partial charge in [0, 0.05) is 44.3 Å². The predicted molar refractivity (Wildman–Crippen MR) is 116 cm³/mol. The average Bonchev–Trinajstić information content (AvgIpc) is 2.78. The van der Waals surface area contributed by atoms with Crippen molar-refractivity contribution in [2.24, 2.45) is 0 Å². The zero-order valence-electron chi connectivity index (χ0n) is 16.4. The maximum absolute atomic E-state index is 12.6. The molecule has 2 aromatic carbocycles. The second kappa shape index (κ2) is 9.34. The van der Waals surface area contributed by atoms with Gasteiger partial charge in [-0.05, 0) is 17.7 Å². The van der Waals surface area contributed by atoms with Gasteiger partial charge in [-0.25, -0.2) is 0 Å². The van der Waals surface area contributed by atoms with Gasteiger partial charge in [0.15, 0.2) is 6.61 Å². The van der Waals surface area contributed by atoms with E-state index in [2.05, 4.69) is 34.2 Å². The topological polar surface area (TPSA) is 45.7 Å². The molecule has 0 saturated carbocycles. The molecule has 0 unspecified atom stereocenters. The number of amides is 1. The molecule has 0 N–H and O–H groups in total. The number of pyridine rings is 1. The summed E-state index contributed by atoms with van der Waals surface area (Å²) in [7, 11) is 0. The number of rotatable bonds is 6. The highest BCUT2D eigenvalue weighted by Gasteiger charge is 2.21. The summed E-state index contributed by atoms with van der Waals surface area (Å²) in [5, 5.41) is 1.01. The van der Waals surface area contributed by atoms with Crippen molar-refractivity contribution in [2.75, 3.05) is 39.3 Å². The summed E-state index contributed by atoms with van der Waals surface area (Å²) >= 11 is 0. The summed E-state index contributed by atoms with van der Waals surface area (Å²) in [4.78, 5) is 21.2. The van der Waals surface area contributed by atoms with Crippen LogP contribution in [0.3, 0.4) is 0 Å². The highest BCUT2D eigenvalue weighted by molar-refractivity contribution is 5.85. The molecule has 4 rings (SSSR count). The number of piperazine rings is 1. The molecule has 0 atom stereocenters. The molecule has 148 valence electrons. The van der Waals surface area contributed by atoms with Gasteiger partial charge in [0.05, 0.1) is 0 Å². The highest BCUT2D eigenvalue weighted by Crippen LogP contribution is 2.22. The van der Waals surface area contributed by atoms with Crippen LogP contribution in [0.15, 0.2) is 72.9 Å². The second-order valence-electron chi connectivity index (χ2n) is 7.11. The minimum atomic E-state index is 0.0254. The van der Waals surface area contributed by atoms with E-state index in [1.54, 1.807) is 6.20 Å². The van der Waals surface area contributed by atoms with Gasteiger partial charge in [0.2, 0.25) is 0 Å². The second-order valence-corrected chi connectivity index (χ2v) is 7.11. The smallest absolute Gasteiger partial charge is 0.260 e. The van der Waals surface area contributed by atoms with Crippen molar-refractivity contribution >= 4 is 22.9 Å². The van der Waals surface area contributed by atoms with Crippen LogP contribution in [0.5, 0.6) is 5.75 Å². The lowest BCUT2D eigenvalue weighted by Crippen LogP contribution is -2.49. The Morgan fingerprint density at radius 1 is 0.966 bits per heavy atom. The van der Waals surface area contributed by atoms with E-state index in [0.29, 0.717) is 5.75 Å². The number of hydrogen-bond donors (Lipinski definition) is 0. The van der Waals surface area contributed by atoms with Gasteiger partial charge in [-0.2, -0.15) is 0 Å². The first-order valence-corrected chi connectivity index (χ1v) is 9.98. The van der Waals surface area contributed by atoms with Gasteiger partial charge in [-0.15, -0.1) is 0 Å². The van der Waals surface area contributed by atoms with Crippen molar-refractivity contribution in [1.29, 1.82) is 0 Å². The summed E-state index contributed by atoms with van der Waals surface area (Å²) in [5.74, 6) is 0.679. The fourth-order valence-corrected chi connectivity index (χ4v) is 3.51. The molecule has 1 saturated heterocycles. The van der Waals surface area contributed by atoms with E-state index >= 15 is 0 Å². The van der Waals surface area contributed by atoms with Gasteiger partial charge < -0.3 is 9.64 Å². The number of carbonyl (C=O) groups is 1. The van der Waals surface area contributed by atoms with Crippen LogP contribution < -0.4 is 4.74 Å². The molecular weight excluding hydrogens is 362 g/mol. The van der Waals surface area contributed by atoms with E-state index in [0.717, 1.165) is 43.6 Å². The van der Waals surface area contributed by atoms with Crippen molar-refractivity contribution in [2.45, 2.75) is 0 Å². The van der Waals surface area contributed by atoms with E-state index in [4.69, 9.17) is 4.74 Å². The van der Waals surface area contributed by atoms with Crippen LogP contribution >= 0.6 is 0 Å². The van der Waals surface area contributed by atoms with Crippen LogP contribution in [-0.2, 0) is 4.79 Å². The van der Waals surface area contributed by atoms with Crippen molar-refractivity contribution in [3.05, 3.63) is 78.5 Å². The minimum Gasteiger partial charge on any atom is -0.481 e. The Balaban J connectivity index is 1.24. The lowest BCUT2D eigenvalue weighted by atomic mass is 10.2.